The summed E-state index contributed by atoms with van der Waals surface area (Å²) in [4.78, 5) is 10.8. The lowest BCUT2D eigenvalue weighted by molar-refractivity contribution is 0.0689. The molecule has 0 fully saturated rings. The number of carbonyl (C=O) groups is 1. The van der Waals surface area contributed by atoms with E-state index in [4.69, 9.17) is 5.11 Å². The maximum Gasteiger partial charge on any atom is 0.356 e. The summed E-state index contributed by atoms with van der Waals surface area (Å²) in [5.41, 5.74) is 1.20. The number of carboxylic acid groups (broad SMARTS) is 1. The molecule has 1 aromatic carbocycles. The van der Waals surface area contributed by atoms with Crippen LogP contribution in [0.3, 0.4) is 0 Å². The summed E-state index contributed by atoms with van der Waals surface area (Å²) in [5, 5.41) is 12.6. The third-order valence-electron chi connectivity index (χ3n) is 2.64. The molecular formula is C12H10F2N2O2. The second kappa shape index (κ2) is 4.21. The molecule has 94 valence electrons. The van der Waals surface area contributed by atoms with Crippen molar-refractivity contribution in [1.29, 1.82) is 0 Å². The zero-order valence-electron chi connectivity index (χ0n) is 9.74. The number of halogens is 2. The van der Waals surface area contributed by atoms with Gasteiger partial charge in [0.1, 0.15) is 0 Å². The highest BCUT2D eigenvalue weighted by molar-refractivity contribution is 5.87. The summed E-state index contributed by atoms with van der Waals surface area (Å²) in [6, 6.07) is 3.42. The molecule has 0 radical (unpaired) electrons. The van der Waals surface area contributed by atoms with Gasteiger partial charge in [-0.1, -0.05) is 0 Å². The fourth-order valence-electron chi connectivity index (χ4n) is 1.75. The Balaban J connectivity index is 2.62. The van der Waals surface area contributed by atoms with E-state index in [2.05, 4.69) is 5.10 Å². The fraction of sp³-hybridized carbons (Fsp3) is 0.167. The molecule has 0 atom stereocenters. The van der Waals surface area contributed by atoms with Gasteiger partial charge in [-0.05, 0) is 30.7 Å². The van der Waals surface area contributed by atoms with Crippen LogP contribution in [0, 0.1) is 18.6 Å². The molecular weight excluding hydrogens is 242 g/mol. The number of hydrogen-bond donors (Lipinski definition) is 1. The van der Waals surface area contributed by atoms with E-state index in [1.54, 1.807) is 14.0 Å². The van der Waals surface area contributed by atoms with Gasteiger partial charge in [-0.3, -0.25) is 4.68 Å². The Morgan fingerprint density at radius 2 is 1.89 bits per heavy atom. The normalized spacial score (nSPS) is 10.7. The van der Waals surface area contributed by atoms with Crippen LogP contribution in [0.5, 0.6) is 0 Å². The van der Waals surface area contributed by atoms with Crippen LogP contribution < -0.4 is 0 Å². The Morgan fingerprint density at radius 1 is 1.28 bits per heavy atom. The second-order valence-corrected chi connectivity index (χ2v) is 3.92. The minimum Gasteiger partial charge on any atom is -0.476 e. The van der Waals surface area contributed by atoms with Crippen LogP contribution in [-0.2, 0) is 7.05 Å². The van der Waals surface area contributed by atoms with Crippen molar-refractivity contribution >= 4 is 5.97 Å². The lowest BCUT2D eigenvalue weighted by atomic mass is 10.0. The van der Waals surface area contributed by atoms with Gasteiger partial charge in [-0.25, -0.2) is 13.6 Å². The predicted molar refractivity (Wildman–Crippen MR) is 60.3 cm³/mol. The standard InChI is InChI=1S/C12H10F2N2O2/c1-6-3-8(13)9(14)4-7(6)11-5-10(12(17)18)15-16(11)2/h3-5H,1-2H3,(H,17,18). The highest BCUT2D eigenvalue weighted by Gasteiger charge is 2.16. The molecule has 1 heterocycles. The van der Waals surface area contributed by atoms with E-state index in [9.17, 15) is 13.6 Å². The van der Waals surface area contributed by atoms with E-state index in [0.29, 0.717) is 16.8 Å². The van der Waals surface area contributed by atoms with Gasteiger partial charge in [0.15, 0.2) is 17.3 Å². The summed E-state index contributed by atoms with van der Waals surface area (Å²) in [6.07, 6.45) is 0. The van der Waals surface area contributed by atoms with E-state index in [0.717, 1.165) is 12.1 Å². The minimum absolute atomic E-state index is 0.142. The Kier molecular flexibility index (Phi) is 2.86. The molecule has 2 aromatic rings. The van der Waals surface area contributed by atoms with Gasteiger partial charge in [0, 0.05) is 12.6 Å². The monoisotopic (exact) mass is 252 g/mol. The molecule has 0 aliphatic rings. The van der Waals surface area contributed by atoms with Crippen molar-refractivity contribution in [3.8, 4) is 11.3 Å². The predicted octanol–water partition coefficient (Wildman–Crippen LogP) is 2.37. The van der Waals surface area contributed by atoms with Crippen LogP contribution in [0.2, 0.25) is 0 Å². The second-order valence-electron chi connectivity index (χ2n) is 3.92. The number of hydrogen-bond acceptors (Lipinski definition) is 2. The average Bonchev–Trinajstić information content (AvgIpc) is 2.66. The lowest BCUT2D eigenvalue weighted by Gasteiger charge is -2.06. The summed E-state index contributed by atoms with van der Waals surface area (Å²) < 4.78 is 27.6. The highest BCUT2D eigenvalue weighted by atomic mass is 19.2. The first kappa shape index (κ1) is 12.2. The largest absolute Gasteiger partial charge is 0.476 e. The SMILES string of the molecule is Cc1cc(F)c(F)cc1-c1cc(C(=O)O)nn1C. The number of benzene rings is 1. The molecule has 2 rings (SSSR count). The van der Waals surface area contributed by atoms with E-state index in [1.807, 2.05) is 0 Å². The van der Waals surface area contributed by atoms with Crippen LogP contribution in [0.1, 0.15) is 16.1 Å². The van der Waals surface area contributed by atoms with Crippen LogP contribution >= 0.6 is 0 Å². The molecule has 0 saturated carbocycles. The van der Waals surface area contributed by atoms with Crippen molar-refractivity contribution in [2.75, 3.05) is 0 Å². The van der Waals surface area contributed by atoms with Crippen LogP contribution in [0.15, 0.2) is 18.2 Å². The number of rotatable bonds is 2. The molecule has 4 nitrogen and oxygen atoms in total. The van der Waals surface area contributed by atoms with Gasteiger partial charge < -0.3 is 5.11 Å². The van der Waals surface area contributed by atoms with Crippen LogP contribution in [0.4, 0.5) is 8.78 Å². The molecule has 0 amide bonds. The maximum atomic E-state index is 13.2. The third-order valence-corrected chi connectivity index (χ3v) is 2.64. The lowest BCUT2D eigenvalue weighted by Crippen LogP contribution is -2.00. The average molecular weight is 252 g/mol. The zero-order valence-corrected chi connectivity index (χ0v) is 9.74. The quantitative estimate of drug-likeness (QED) is 0.892. The van der Waals surface area contributed by atoms with Gasteiger partial charge in [-0.2, -0.15) is 5.10 Å². The number of aryl methyl sites for hydroxylation is 2. The summed E-state index contributed by atoms with van der Waals surface area (Å²) >= 11 is 0. The molecule has 0 bridgehead atoms. The summed E-state index contributed by atoms with van der Waals surface area (Å²) in [5.74, 6) is -3.08. The van der Waals surface area contributed by atoms with Crippen molar-refractivity contribution in [1.82, 2.24) is 9.78 Å². The molecule has 0 aliphatic heterocycles. The summed E-state index contributed by atoms with van der Waals surface area (Å²) in [6.45, 7) is 1.62. The Bertz CT molecular complexity index is 635. The third kappa shape index (κ3) is 1.97. The van der Waals surface area contributed by atoms with Gasteiger partial charge in [0.2, 0.25) is 0 Å². The maximum absolute atomic E-state index is 13.2. The minimum atomic E-state index is -1.17. The van der Waals surface area contributed by atoms with E-state index >= 15 is 0 Å². The Hall–Kier alpha value is -2.24. The number of nitrogens with zero attached hydrogens (tertiary/aromatic N) is 2. The summed E-state index contributed by atoms with van der Waals surface area (Å²) in [7, 11) is 1.54. The molecule has 0 unspecified atom stereocenters. The van der Waals surface area contributed by atoms with Crippen molar-refractivity contribution in [2.24, 2.45) is 7.05 Å². The van der Waals surface area contributed by atoms with Crippen molar-refractivity contribution in [3.05, 3.63) is 41.1 Å². The first-order valence-electron chi connectivity index (χ1n) is 5.13. The smallest absolute Gasteiger partial charge is 0.356 e. The molecule has 1 aromatic heterocycles. The van der Waals surface area contributed by atoms with E-state index in [-0.39, 0.29) is 5.69 Å². The molecule has 0 saturated heterocycles. The topological polar surface area (TPSA) is 55.1 Å². The van der Waals surface area contributed by atoms with Crippen LogP contribution in [-0.4, -0.2) is 20.9 Å². The number of aromatic carboxylic acids is 1. The first-order chi connectivity index (χ1) is 8.40. The Labute approximate surface area is 101 Å². The van der Waals surface area contributed by atoms with E-state index < -0.39 is 17.6 Å². The molecule has 1 N–H and O–H groups in total. The van der Waals surface area contributed by atoms with Gasteiger partial charge in [0.05, 0.1) is 5.69 Å². The van der Waals surface area contributed by atoms with Gasteiger partial charge >= 0.3 is 5.97 Å². The zero-order chi connectivity index (χ0) is 13.4. The molecule has 0 spiro atoms. The first-order valence-corrected chi connectivity index (χ1v) is 5.13. The number of carboxylic acids is 1. The van der Waals surface area contributed by atoms with Crippen LogP contribution in [0.25, 0.3) is 11.3 Å². The fourth-order valence-corrected chi connectivity index (χ4v) is 1.75. The van der Waals surface area contributed by atoms with E-state index in [1.165, 1.54) is 10.7 Å². The van der Waals surface area contributed by atoms with Crippen molar-refractivity contribution < 1.29 is 18.7 Å². The highest BCUT2D eigenvalue weighted by Crippen LogP contribution is 2.26. The molecule has 0 aliphatic carbocycles. The Morgan fingerprint density at radius 3 is 2.44 bits per heavy atom. The molecule has 6 heteroatoms. The number of aromatic nitrogens is 2. The van der Waals surface area contributed by atoms with Gasteiger partial charge in [0.25, 0.3) is 0 Å². The molecule has 18 heavy (non-hydrogen) atoms. The van der Waals surface area contributed by atoms with Crippen molar-refractivity contribution in [3.63, 3.8) is 0 Å². The van der Waals surface area contributed by atoms with Crippen molar-refractivity contribution in [2.45, 2.75) is 6.92 Å². The van der Waals surface area contributed by atoms with Gasteiger partial charge in [-0.15, -0.1) is 0 Å².